The van der Waals surface area contributed by atoms with Gasteiger partial charge in [0, 0.05) is 16.7 Å². The Hall–Kier alpha value is -4.13. The van der Waals surface area contributed by atoms with Crippen molar-refractivity contribution in [1.82, 2.24) is 15.5 Å². The van der Waals surface area contributed by atoms with Crippen LogP contribution in [0.3, 0.4) is 0 Å². The highest BCUT2D eigenvalue weighted by atomic mass is 16.7. The fourth-order valence-electron chi connectivity index (χ4n) is 3.46. The van der Waals surface area contributed by atoms with Crippen molar-refractivity contribution in [3.05, 3.63) is 83.4 Å². The highest BCUT2D eigenvalue weighted by molar-refractivity contribution is 5.94. The van der Waals surface area contributed by atoms with Crippen LogP contribution in [0.25, 0.3) is 22.9 Å². The van der Waals surface area contributed by atoms with Gasteiger partial charge in [0.15, 0.2) is 11.5 Å². The first-order valence-electron chi connectivity index (χ1n) is 10.3. The standard InChI is InChI=1S/C25H21N3O4/c1-15-3-5-18(6-4-15)24-27-28-25(32-24)19-9-7-17(8-10-19)23(29)26-16(2)20-11-12-21-22(13-20)31-14-30-21/h3-13,16H,14H2,1-2H3,(H,26,29). The van der Waals surface area contributed by atoms with Gasteiger partial charge in [0.2, 0.25) is 18.6 Å². The highest BCUT2D eigenvalue weighted by Gasteiger charge is 2.18. The van der Waals surface area contributed by atoms with Crippen molar-refractivity contribution in [2.24, 2.45) is 0 Å². The molecule has 7 heteroatoms. The lowest BCUT2D eigenvalue weighted by Gasteiger charge is -2.15. The summed E-state index contributed by atoms with van der Waals surface area (Å²) in [6.07, 6.45) is 0. The zero-order valence-corrected chi connectivity index (χ0v) is 17.7. The number of aryl methyl sites for hydroxylation is 1. The summed E-state index contributed by atoms with van der Waals surface area (Å²) in [6.45, 7) is 4.17. The average Bonchev–Trinajstić information content (AvgIpc) is 3.49. The number of ether oxygens (including phenoxy) is 2. The van der Waals surface area contributed by atoms with Crippen molar-refractivity contribution in [2.45, 2.75) is 19.9 Å². The summed E-state index contributed by atoms with van der Waals surface area (Å²) in [5.74, 6) is 2.10. The van der Waals surface area contributed by atoms with Crippen LogP contribution in [0.5, 0.6) is 11.5 Å². The minimum atomic E-state index is -0.190. The number of carbonyl (C=O) groups is 1. The van der Waals surface area contributed by atoms with Gasteiger partial charge >= 0.3 is 0 Å². The third-order valence-corrected chi connectivity index (χ3v) is 5.36. The second kappa shape index (κ2) is 8.19. The largest absolute Gasteiger partial charge is 0.454 e. The smallest absolute Gasteiger partial charge is 0.251 e. The lowest BCUT2D eigenvalue weighted by Crippen LogP contribution is -2.26. The first kappa shape index (κ1) is 19.8. The Bertz CT molecular complexity index is 1260. The molecule has 0 fully saturated rings. The maximum absolute atomic E-state index is 12.7. The fourth-order valence-corrected chi connectivity index (χ4v) is 3.46. The Morgan fingerprint density at radius 2 is 1.50 bits per heavy atom. The molecule has 1 aliphatic heterocycles. The second-order valence-corrected chi connectivity index (χ2v) is 7.66. The first-order chi connectivity index (χ1) is 15.6. The van der Waals surface area contributed by atoms with Gasteiger partial charge in [0.05, 0.1) is 6.04 Å². The normalized spacial score (nSPS) is 13.1. The summed E-state index contributed by atoms with van der Waals surface area (Å²) < 4.78 is 16.6. The van der Waals surface area contributed by atoms with Crippen molar-refractivity contribution in [2.75, 3.05) is 6.79 Å². The van der Waals surface area contributed by atoms with Gasteiger partial charge < -0.3 is 19.2 Å². The van der Waals surface area contributed by atoms with E-state index >= 15 is 0 Å². The van der Waals surface area contributed by atoms with Crippen molar-refractivity contribution in [3.8, 4) is 34.4 Å². The van der Waals surface area contributed by atoms with Crippen LogP contribution in [0, 0.1) is 6.92 Å². The molecule has 2 heterocycles. The Kier molecular flexibility index (Phi) is 5.07. The molecular formula is C25H21N3O4. The number of carbonyl (C=O) groups excluding carboxylic acids is 1. The fraction of sp³-hybridized carbons (Fsp3) is 0.160. The molecule has 1 amide bonds. The predicted octanol–water partition coefficient (Wildman–Crippen LogP) is 4.93. The minimum Gasteiger partial charge on any atom is -0.454 e. The molecule has 1 aliphatic rings. The molecule has 1 atom stereocenters. The summed E-state index contributed by atoms with van der Waals surface area (Å²) in [4.78, 5) is 12.7. The summed E-state index contributed by atoms with van der Waals surface area (Å²) in [5.41, 5.74) is 4.25. The van der Waals surface area contributed by atoms with E-state index in [-0.39, 0.29) is 18.7 Å². The number of aromatic nitrogens is 2. The van der Waals surface area contributed by atoms with E-state index in [4.69, 9.17) is 13.9 Å². The van der Waals surface area contributed by atoms with Gasteiger partial charge in [-0.3, -0.25) is 4.79 Å². The number of benzene rings is 3. The maximum Gasteiger partial charge on any atom is 0.251 e. The molecule has 4 aromatic rings. The van der Waals surface area contributed by atoms with E-state index in [1.54, 1.807) is 24.3 Å². The SMILES string of the molecule is Cc1ccc(-c2nnc(-c3ccc(C(=O)NC(C)c4ccc5c(c4)OCO5)cc3)o2)cc1. The molecule has 0 bridgehead atoms. The Morgan fingerprint density at radius 3 is 2.19 bits per heavy atom. The number of fused-ring (bicyclic) bond motifs is 1. The summed E-state index contributed by atoms with van der Waals surface area (Å²) in [6, 6.07) is 20.4. The first-order valence-corrected chi connectivity index (χ1v) is 10.3. The molecule has 0 aliphatic carbocycles. The zero-order valence-electron chi connectivity index (χ0n) is 17.7. The number of hydrogen-bond acceptors (Lipinski definition) is 6. The van der Waals surface area contributed by atoms with E-state index < -0.39 is 0 Å². The van der Waals surface area contributed by atoms with E-state index in [1.807, 2.05) is 56.3 Å². The molecule has 0 saturated carbocycles. The van der Waals surface area contributed by atoms with Crippen molar-refractivity contribution in [1.29, 1.82) is 0 Å². The van der Waals surface area contributed by atoms with Gasteiger partial charge in [-0.25, -0.2) is 0 Å². The van der Waals surface area contributed by atoms with Crippen LogP contribution >= 0.6 is 0 Å². The van der Waals surface area contributed by atoms with Crippen LogP contribution in [0.1, 0.15) is 34.5 Å². The molecule has 160 valence electrons. The van der Waals surface area contributed by atoms with Crippen LogP contribution in [0.2, 0.25) is 0 Å². The predicted molar refractivity (Wildman–Crippen MR) is 118 cm³/mol. The van der Waals surface area contributed by atoms with Crippen LogP contribution in [-0.4, -0.2) is 22.9 Å². The minimum absolute atomic E-state index is 0.174. The number of hydrogen-bond donors (Lipinski definition) is 1. The molecule has 0 spiro atoms. The molecule has 7 nitrogen and oxygen atoms in total. The van der Waals surface area contributed by atoms with Gasteiger partial charge in [-0.15, -0.1) is 10.2 Å². The quantitative estimate of drug-likeness (QED) is 0.486. The molecule has 0 saturated heterocycles. The van der Waals surface area contributed by atoms with Gasteiger partial charge in [0.25, 0.3) is 5.91 Å². The van der Waals surface area contributed by atoms with Crippen LogP contribution in [0.15, 0.2) is 71.1 Å². The Labute approximate surface area is 185 Å². The van der Waals surface area contributed by atoms with Gasteiger partial charge in [-0.05, 0) is 67.9 Å². The van der Waals surface area contributed by atoms with Crippen molar-refractivity contribution in [3.63, 3.8) is 0 Å². The molecule has 0 radical (unpaired) electrons. The Balaban J connectivity index is 1.27. The lowest BCUT2D eigenvalue weighted by atomic mass is 10.1. The van der Waals surface area contributed by atoms with Crippen LogP contribution in [0.4, 0.5) is 0 Å². The molecule has 1 unspecified atom stereocenters. The number of rotatable bonds is 5. The van der Waals surface area contributed by atoms with E-state index in [0.29, 0.717) is 23.1 Å². The van der Waals surface area contributed by atoms with Crippen LogP contribution in [-0.2, 0) is 0 Å². The molecule has 32 heavy (non-hydrogen) atoms. The topological polar surface area (TPSA) is 86.5 Å². The average molecular weight is 427 g/mol. The van der Waals surface area contributed by atoms with Gasteiger partial charge in [-0.1, -0.05) is 23.8 Å². The third-order valence-electron chi connectivity index (χ3n) is 5.36. The Morgan fingerprint density at radius 1 is 0.875 bits per heavy atom. The van der Waals surface area contributed by atoms with E-state index in [9.17, 15) is 4.79 Å². The zero-order chi connectivity index (χ0) is 22.1. The summed E-state index contributed by atoms with van der Waals surface area (Å²) in [7, 11) is 0. The van der Waals surface area contributed by atoms with Crippen molar-refractivity contribution < 1.29 is 18.7 Å². The van der Waals surface area contributed by atoms with Crippen LogP contribution < -0.4 is 14.8 Å². The molecule has 1 aromatic heterocycles. The lowest BCUT2D eigenvalue weighted by molar-refractivity contribution is 0.0939. The van der Waals surface area contributed by atoms with Gasteiger partial charge in [-0.2, -0.15) is 0 Å². The number of nitrogens with zero attached hydrogens (tertiary/aromatic N) is 2. The maximum atomic E-state index is 12.7. The number of nitrogens with one attached hydrogen (secondary N) is 1. The van der Waals surface area contributed by atoms with E-state index in [2.05, 4.69) is 15.5 Å². The molecule has 5 rings (SSSR count). The highest BCUT2D eigenvalue weighted by Crippen LogP contribution is 2.34. The molecule has 3 aromatic carbocycles. The van der Waals surface area contributed by atoms with Gasteiger partial charge in [0.1, 0.15) is 0 Å². The molecule has 1 N–H and O–H groups in total. The third kappa shape index (κ3) is 3.92. The van der Waals surface area contributed by atoms with E-state index in [1.165, 1.54) is 0 Å². The summed E-state index contributed by atoms with van der Waals surface area (Å²) >= 11 is 0. The molecular weight excluding hydrogens is 406 g/mol. The summed E-state index contributed by atoms with van der Waals surface area (Å²) in [5, 5.41) is 11.3. The monoisotopic (exact) mass is 427 g/mol. The number of amides is 1. The second-order valence-electron chi connectivity index (χ2n) is 7.66. The van der Waals surface area contributed by atoms with Crippen molar-refractivity contribution >= 4 is 5.91 Å². The van der Waals surface area contributed by atoms with E-state index in [0.717, 1.165) is 28.0 Å².